The number of amides is 3. The highest BCUT2D eigenvalue weighted by atomic mass is 32.2. The zero-order chi connectivity index (χ0) is 30.9. The second kappa shape index (κ2) is 11.9. The third-order valence-electron chi connectivity index (χ3n) is 6.45. The highest BCUT2D eigenvalue weighted by molar-refractivity contribution is 8.15. The monoisotopic (exact) mass is 613 g/mol. The minimum absolute atomic E-state index is 0.0749. The number of benzene rings is 2. The lowest BCUT2D eigenvalue weighted by Crippen LogP contribution is -2.31. The Hall–Kier alpha value is -4.63. The summed E-state index contributed by atoms with van der Waals surface area (Å²) in [6.45, 7) is 3.75. The number of thioether (sulfide) groups is 1. The number of aliphatic imine (C=N–C) groups is 1. The zero-order valence-corrected chi connectivity index (χ0v) is 23.7. The summed E-state index contributed by atoms with van der Waals surface area (Å²) in [5, 5.41) is 6.68. The van der Waals surface area contributed by atoms with Crippen LogP contribution in [0.2, 0.25) is 0 Å². The van der Waals surface area contributed by atoms with Crippen LogP contribution in [-0.4, -0.2) is 49.7 Å². The molecule has 1 saturated heterocycles. The van der Waals surface area contributed by atoms with E-state index in [1.54, 1.807) is 13.2 Å². The topological polar surface area (TPSA) is 115 Å². The standard InChI is InChI=1S/C28H23F4N7O3S/c1-15-4-8-22(19(10-15)16(2)42-3)39-24(40)13-43-27(39)36-26(41)35-21-7-5-17(11-20(21)29)25-34-14-38(37-25)23-9-6-18(12-33-23)28(30,31)32/h4-12,14,16H,13H2,1-3H3,(H,35,41). The molecule has 0 aliphatic carbocycles. The second-order valence-corrected chi connectivity index (χ2v) is 10.3. The van der Waals surface area contributed by atoms with Crippen LogP contribution in [0.15, 0.2) is 66.0 Å². The maximum atomic E-state index is 15.0. The normalized spacial score (nSPS) is 15.3. The van der Waals surface area contributed by atoms with E-state index in [0.717, 1.165) is 45.8 Å². The summed E-state index contributed by atoms with van der Waals surface area (Å²) in [4.78, 5) is 38.8. The Morgan fingerprint density at radius 2 is 1.93 bits per heavy atom. The molecule has 0 saturated carbocycles. The number of amidine groups is 1. The fourth-order valence-electron chi connectivity index (χ4n) is 4.19. The fourth-order valence-corrected chi connectivity index (χ4v) is 5.05. The summed E-state index contributed by atoms with van der Waals surface area (Å²) in [7, 11) is 1.55. The van der Waals surface area contributed by atoms with E-state index in [4.69, 9.17) is 4.74 Å². The Morgan fingerprint density at radius 3 is 2.60 bits per heavy atom. The average Bonchev–Trinajstić information content (AvgIpc) is 3.60. The zero-order valence-electron chi connectivity index (χ0n) is 22.9. The van der Waals surface area contributed by atoms with E-state index < -0.39 is 23.6 Å². The molecule has 5 rings (SSSR count). The van der Waals surface area contributed by atoms with Crippen LogP contribution in [0.5, 0.6) is 0 Å². The molecule has 4 aromatic rings. The van der Waals surface area contributed by atoms with E-state index in [1.165, 1.54) is 23.4 Å². The summed E-state index contributed by atoms with van der Waals surface area (Å²) in [6, 6.07) is 10.4. The number of aryl methyl sites for hydroxylation is 1. The van der Waals surface area contributed by atoms with Gasteiger partial charge >= 0.3 is 12.2 Å². The number of nitrogens with one attached hydrogen (secondary N) is 1. The number of pyridine rings is 1. The van der Waals surface area contributed by atoms with Crippen molar-refractivity contribution in [2.24, 2.45) is 4.99 Å². The van der Waals surface area contributed by atoms with Crippen LogP contribution >= 0.6 is 11.8 Å². The van der Waals surface area contributed by atoms with Gasteiger partial charge in [-0.25, -0.2) is 23.8 Å². The maximum Gasteiger partial charge on any atom is 0.417 e. The first-order chi connectivity index (χ1) is 20.4. The Morgan fingerprint density at radius 1 is 1.14 bits per heavy atom. The summed E-state index contributed by atoms with van der Waals surface area (Å²) in [6.07, 6.45) is -2.95. The third-order valence-corrected chi connectivity index (χ3v) is 7.37. The molecule has 1 N–H and O–H groups in total. The number of carbonyl (C=O) groups excluding carboxylic acids is 2. The lowest BCUT2D eigenvalue weighted by Gasteiger charge is -2.23. The molecule has 0 radical (unpaired) electrons. The van der Waals surface area contributed by atoms with Crippen molar-refractivity contribution >= 4 is 40.2 Å². The van der Waals surface area contributed by atoms with E-state index in [1.807, 2.05) is 26.0 Å². The van der Waals surface area contributed by atoms with Crippen molar-refractivity contribution in [2.75, 3.05) is 23.1 Å². The van der Waals surface area contributed by atoms with Gasteiger partial charge in [-0.3, -0.25) is 9.69 Å². The summed E-state index contributed by atoms with van der Waals surface area (Å²) >= 11 is 1.08. The first-order valence-electron chi connectivity index (χ1n) is 12.7. The highest BCUT2D eigenvalue weighted by Crippen LogP contribution is 2.35. The molecule has 2 aromatic carbocycles. The number of carbonyl (C=O) groups is 2. The van der Waals surface area contributed by atoms with Crippen molar-refractivity contribution in [1.82, 2.24) is 19.7 Å². The molecule has 43 heavy (non-hydrogen) atoms. The molecule has 3 amide bonds. The van der Waals surface area contributed by atoms with Crippen LogP contribution in [-0.2, 0) is 15.7 Å². The predicted octanol–water partition coefficient (Wildman–Crippen LogP) is 6.17. The van der Waals surface area contributed by atoms with Gasteiger partial charge in [-0.2, -0.15) is 18.2 Å². The first kappa shape index (κ1) is 29.8. The number of hydrogen-bond acceptors (Lipinski definition) is 7. The van der Waals surface area contributed by atoms with Gasteiger partial charge in [-0.1, -0.05) is 29.5 Å². The molecular weight excluding hydrogens is 590 g/mol. The van der Waals surface area contributed by atoms with Gasteiger partial charge in [0.1, 0.15) is 12.1 Å². The summed E-state index contributed by atoms with van der Waals surface area (Å²) < 4.78 is 60.0. The number of anilines is 2. The molecule has 10 nitrogen and oxygen atoms in total. The Kier molecular flexibility index (Phi) is 8.28. The molecule has 2 aromatic heterocycles. The average molecular weight is 614 g/mol. The molecule has 1 aliphatic rings. The molecule has 1 atom stereocenters. The molecule has 0 spiro atoms. The minimum atomic E-state index is -4.53. The minimum Gasteiger partial charge on any atom is -0.377 e. The van der Waals surface area contributed by atoms with E-state index in [0.29, 0.717) is 11.9 Å². The molecular formula is C28H23F4N7O3S. The van der Waals surface area contributed by atoms with Crippen LogP contribution in [0.3, 0.4) is 0 Å². The maximum absolute atomic E-state index is 15.0. The fraction of sp³-hybridized carbons (Fsp3) is 0.214. The molecule has 1 fully saturated rings. The van der Waals surface area contributed by atoms with Gasteiger partial charge in [-0.15, -0.1) is 5.10 Å². The van der Waals surface area contributed by atoms with E-state index in [2.05, 4.69) is 25.4 Å². The smallest absolute Gasteiger partial charge is 0.377 e. The largest absolute Gasteiger partial charge is 0.417 e. The van der Waals surface area contributed by atoms with Gasteiger partial charge < -0.3 is 10.1 Å². The van der Waals surface area contributed by atoms with Gasteiger partial charge in [0, 0.05) is 24.4 Å². The van der Waals surface area contributed by atoms with Crippen molar-refractivity contribution in [1.29, 1.82) is 0 Å². The molecule has 1 aliphatic heterocycles. The van der Waals surface area contributed by atoms with Crippen LogP contribution in [0, 0.1) is 12.7 Å². The van der Waals surface area contributed by atoms with Crippen LogP contribution in [0.1, 0.15) is 29.7 Å². The molecule has 1 unspecified atom stereocenters. The highest BCUT2D eigenvalue weighted by Gasteiger charge is 2.33. The number of nitrogens with zero attached hydrogens (tertiary/aromatic N) is 6. The number of rotatable bonds is 6. The Bertz CT molecular complexity index is 1720. The number of halogens is 4. The van der Waals surface area contributed by atoms with Gasteiger partial charge in [0.2, 0.25) is 5.91 Å². The van der Waals surface area contributed by atoms with Crippen molar-refractivity contribution < 1.29 is 31.9 Å². The molecule has 0 bridgehead atoms. The number of methoxy groups -OCH3 is 1. The third kappa shape index (κ3) is 6.41. The van der Waals surface area contributed by atoms with Gasteiger partial charge in [0.15, 0.2) is 16.8 Å². The van der Waals surface area contributed by atoms with Gasteiger partial charge in [0.25, 0.3) is 0 Å². The number of alkyl halides is 3. The lowest BCUT2D eigenvalue weighted by molar-refractivity contribution is -0.137. The summed E-state index contributed by atoms with van der Waals surface area (Å²) in [5.41, 5.74) is 1.42. The van der Waals surface area contributed by atoms with E-state index in [-0.39, 0.29) is 45.8 Å². The van der Waals surface area contributed by atoms with Crippen LogP contribution in [0.25, 0.3) is 17.2 Å². The second-order valence-electron chi connectivity index (χ2n) is 9.39. The van der Waals surface area contributed by atoms with E-state index >= 15 is 0 Å². The van der Waals surface area contributed by atoms with Crippen molar-refractivity contribution in [3.63, 3.8) is 0 Å². The quantitative estimate of drug-likeness (QED) is 0.259. The molecule has 222 valence electrons. The summed E-state index contributed by atoms with van der Waals surface area (Å²) in [5.74, 6) is -0.835. The number of aromatic nitrogens is 4. The lowest BCUT2D eigenvalue weighted by atomic mass is 10.0. The first-order valence-corrected chi connectivity index (χ1v) is 13.7. The van der Waals surface area contributed by atoms with E-state index in [9.17, 15) is 27.2 Å². The van der Waals surface area contributed by atoms with Crippen molar-refractivity contribution in [3.05, 3.63) is 83.6 Å². The van der Waals surface area contributed by atoms with Crippen LogP contribution in [0.4, 0.5) is 33.7 Å². The molecule has 3 heterocycles. The number of ether oxygens (including phenoxy) is 1. The number of hydrogen-bond donors (Lipinski definition) is 1. The predicted molar refractivity (Wildman–Crippen MR) is 153 cm³/mol. The molecule has 15 heteroatoms. The Balaban J connectivity index is 1.33. The van der Waals surface area contributed by atoms with Crippen LogP contribution < -0.4 is 10.2 Å². The Labute approximate surface area is 246 Å². The van der Waals surface area contributed by atoms with Crippen molar-refractivity contribution in [3.8, 4) is 17.2 Å². The SMILES string of the molecule is COC(C)c1cc(C)ccc1N1C(=O)CSC1=NC(=O)Nc1ccc(-c2ncn(-c3ccc(C(F)(F)F)cn3)n2)cc1F. The van der Waals surface area contributed by atoms with Crippen molar-refractivity contribution in [2.45, 2.75) is 26.1 Å². The van der Waals surface area contributed by atoms with Gasteiger partial charge in [0.05, 0.1) is 28.8 Å². The van der Waals surface area contributed by atoms with Gasteiger partial charge in [-0.05, 0) is 50.2 Å². The number of urea groups is 1.